The van der Waals surface area contributed by atoms with Crippen LogP contribution in [0.25, 0.3) is 0 Å². The van der Waals surface area contributed by atoms with Crippen LogP contribution >= 0.6 is 0 Å². The quantitative estimate of drug-likeness (QED) is 0.741. The Kier molecular flexibility index (Phi) is 5.57. The molecule has 1 fully saturated rings. The van der Waals surface area contributed by atoms with Crippen molar-refractivity contribution >= 4 is 23.1 Å². The number of nitrogens with zero attached hydrogens (tertiary/aromatic N) is 3. The molecule has 0 aliphatic carbocycles. The maximum atomic E-state index is 13.5. The van der Waals surface area contributed by atoms with Crippen molar-refractivity contribution in [2.75, 3.05) is 31.2 Å². The van der Waals surface area contributed by atoms with E-state index >= 15 is 0 Å². The van der Waals surface area contributed by atoms with E-state index in [1.54, 1.807) is 23.1 Å². The normalized spacial score (nSPS) is 20.7. The molecule has 2 aromatic carbocycles. The molecule has 0 N–H and O–H groups in total. The Morgan fingerprint density at radius 1 is 1.09 bits per heavy atom. The van der Waals surface area contributed by atoms with Crippen molar-refractivity contribution in [3.05, 3.63) is 77.4 Å². The number of carbonyl (C=O) groups excluding carboxylic acids is 2. The number of hydrogen-bond acceptors (Lipinski definition) is 5. The third kappa shape index (κ3) is 4.08. The van der Waals surface area contributed by atoms with Crippen molar-refractivity contribution in [2.24, 2.45) is 4.99 Å². The van der Waals surface area contributed by atoms with Gasteiger partial charge >= 0.3 is 0 Å². The van der Waals surface area contributed by atoms with Crippen molar-refractivity contribution in [1.29, 1.82) is 0 Å². The zero-order chi connectivity index (χ0) is 22.1. The molecule has 3 aliphatic rings. The van der Waals surface area contributed by atoms with Crippen LogP contribution in [0.1, 0.15) is 30.0 Å². The topological polar surface area (TPSA) is 62.2 Å². The van der Waals surface area contributed by atoms with Gasteiger partial charge in [-0.25, -0.2) is 9.38 Å². The lowest BCUT2D eigenvalue weighted by Gasteiger charge is -2.30. The number of carbonyl (C=O) groups is 2. The van der Waals surface area contributed by atoms with E-state index in [4.69, 9.17) is 4.74 Å². The predicted octanol–water partition coefficient (Wildman–Crippen LogP) is 3.43. The van der Waals surface area contributed by atoms with Gasteiger partial charge in [-0.1, -0.05) is 30.3 Å². The van der Waals surface area contributed by atoms with Crippen LogP contribution in [0.3, 0.4) is 0 Å². The Balaban J connectivity index is 1.41. The van der Waals surface area contributed by atoms with Gasteiger partial charge in [0.25, 0.3) is 0 Å². The molecule has 3 aliphatic heterocycles. The zero-order valence-corrected chi connectivity index (χ0v) is 17.7. The van der Waals surface area contributed by atoms with Gasteiger partial charge in [0.05, 0.1) is 25.7 Å². The number of fused-ring (bicyclic) bond motifs is 1. The number of para-hydroxylation sites is 1. The maximum absolute atomic E-state index is 13.5. The lowest BCUT2D eigenvalue weighted by Crippen LogP contribution is -2.37. The van der Waals surface area contributed by atoms with Gasteiger partial charge in [0.2, 0.25) is 5.91 Å². The predicted molar refractivity (Wildman–Crippen MR) is 119 cm³/mol. The Morgan fingerprint density at radius 3 is 2.62 bits per heavy atom. The molecule has 0 saturated carbocycles. The van der Waals surface area contributed by atoms with Crippen LogP contribution in [-0.2, 0) is 20.7 Å². The number of allylic oxidation sites excluding steroid dienone is 1. The van der Waals surface area contributed by atoms with Gasteiger partial charge in [0.15, 0.2) is 5.78 Å². The molecule has 0 aromatic heterocycles. The first-order valence-electron chi connectivity index (χ1n) is 10.9. The fourth-order valence-electron chi connectivity index (χ4n) is 4.59. The number of benzene rings is 2. The lowest BCUT2D eigenvalue weighted by atomic mass is 10.0. The molecular weight excluding hydrogens is 409 g/mol. The summed E-state index contributed by atoms with van der Waals surface area (Å²) in [5.41, 5.74) is 3.39. The van der Waals surface area contributed by atoms with Crippen molar-refractivity contribution in [3.8, 4) is 0 Å². The fourth-order valence-corrected chi connectivity index (χ4v) is 4.59. The summed E-state index contributed by atoms with van der Waals surface area (Å²) in [5.74, 6) is 0.157. The van der Waals surface area contributed by atoms with Crippen LogP contribution in [-0.4, -0.2) is 48.6 Å². The van der Waals surface area contributed by atoms with Crippen molar-refractivity contribution in [2.45, 2.75) is 25.3 Å². The average Bonchev–Trinajstić information content (AvgIpc) is 3.19. The van der Waals surface area contributed by atoms with Crippen LogP contribution in [0.15, 0.2) is 65.4 Å². The summed E-state index contributed by atoms with van der Waals surface area (Å²) < 4.78 is 18.9. The summed E-state index contributed by atoms with van der Waals surface area (Å²) in [6, 6.07) is 13.9. The SMILES string of the molecule is O=C1C=C(N2CCOCC2)N=C(CC(=O)N2c3ccccc3C[C@@H]2c2ccc(F)cc2)C1. The van der Waals surface area contributed by atoms with Gasteiger partial charge in [-0.3, -0.25) is 9.59 Å². The molecule has 0 spiro atoms. The summed E-state index contributed by atoms with van der Waals surface area (Å²) in [6.45, 7) is 2.55. The van der Waals surface area contributed by atoms with E-state index in [2.05, 4.69) is 4.99 Å². The summed E-state index contributed by atoms with van der Waals surface area (Å²) in [4.78, 5) is 34.4. The Bertz CT molecular complexity index is 1100. The number of rotatable bonds is 4. The summed E-state index contributed by atoms with van der Waals surface area (Å²) in [5, 5.41) is 0. The van der Waals surface area contributed by atoms with Gasteiger partial charge in [0.1, 0.15) is 11.6 Å². The molecule has 2 aromatic rings. The number of morpholine rings is 1. The molecule has 6 nitrogen and oxygen atoms in total. The highest BCUT2D eigenvalue weighted by Crippen LogP contribution is 2.40. The van der Waals surface area contributed by atoms with Gasteiger partial charge < -0.3 is 14.5 Å². The molecule has 7 heteroatoms. The van der Waals surface area contributed by atoms with E-state index in [-0.39, 0.29) is 36.4 Å². The summed E-state index contributed by atoms with van der Waals surface area (Å²) >= 11 is 0. The number of aliphatic imine (C=N–C) groups is 1. The molecule has 1 saturated heterocycles. The zero-order valence-electron chi connectivity index (χ0n) is 17.7. The van der Waals surface area contributed by atoms with E-state index in [1.807, 2.05) is 29.2 Å². The number of ketones is 1. The standard InChI is InChI=1S/C25H24FN3O3/c26-19-7-5-17(6-8-19)23-13-18-3-1-2-4-22(18)29(23)25(31)15-20-14-21(30)16-24(27-20)28-9-11-32-12-10-28/h1-8,16,23H,9-15H2/t23-/m1/s1. The second-order valence-electron chi connectivity index (χ2n) is 8.26. The molecule has 0 bridgehead atoms. The minimum absolute atomic E-state index is 0.0406. The fraction of sp³-hybridized carbons (Fsp3) is 0.320. The second-order valence-corrected chi connectivity index (χ2v) is 8.26. The molecule has 1 amide bonds. The Hall–Kier alpha value is -3.32. The molecule has 3 heterocycles. The van der Waals surface area contributed by atoms with E-state index in [9.17, 15) is 14.0 Å². The molecule has 32 heavy (non-hydrogen) atoms. The lowest BCUT2D eigenvalue weighted by molar-refractivity contribution is -0.117. The highest BCUT2D eigenvalue weighted by atomic mass is 19.1. The molecule has 164 valence electrons. The first-order valence-corrected chi connectivity index (χ1v) is 10.9. The average molecular weight is 433 g/mol. The van der Waals surface area contributed by atoms with Gasteiger partial charge in [-0.05, 0) is 35.7 Å². The smallest absolute Gasteiger partial charge is 0.233 e. The summed E-state index contributed by atoms with van der Waals surface area (Å²) in [6.07, 6.45) is 2.44. The number of anilines is 1. The van der Waals surface area contributed by atoms with E-state index in [1.165, 1.54) is 12.1 Å². The highest BCUT2D eigenvalue weighted by molar-refractivity contribution is 6.16. The van der Waals surface area contributed by atoms with E-state index < -0.39 is 0 Å². The van der Waals surface area contributed by atoms with E-state index in [0.717, 1.165) is 16.8 Å². The minimum atomic E-state index is -0.306. The first kappa shape index (κ1) is 20.6. The maximum Gasteiger partial charge on any atom is 0.233 e. The van der Waals surface area contributed by atoms with Crippen LogP contribution in [0, 0.1) is 5.82 Å². The molecule has 0 unspecified atom stereocenters. The molecule has 0 radical (unpaired) electrons. The number of ether oxygens (including phenoxy) is 1. The Morgan fingerprint density at radius 2 is 1.84 bits per heavy atom. The third-order valence-electron chi connectivity index (χ3n) is 6.13. The van der Waals surface area contributed by atoms with Gasteiger partial charge in [-0.15, -0.1) is 0 Å². The molecular formula is C25H24FN3O3. The summed E-state index contributed by atoms with van der Waals surface area (Å²) in [7, 11) is 0. The largest absolute Gasteiger partial charge is 0.378 e. The van der Waals surface area contributed by atoms with Crippen molar-refractivity contribution < 1.29 is 18.7 Å². The van der Waals surface area contributed by atoms with Crippen LogP contribution in [0.5, 0.6) is 0 Å². The minimum Gasteiger partial charge on any atom is -0.378 e. The Labute approximate surface area is 186 Å². The van der Waals surface area contributed by atoms with Crippen molar-refractivity contribution in [3.63, 3.8) is 0 Å². The number of halogens is 1. The van der Waals surface area contributed by atoms with Gasteiger partial charge in [-0.2, -0.15) is 0 Å². The van der Waals surface area contributed by atoms with Crippen LogP contribution in [0.4, 0.5) is 10.1 Å². The monoisotopic (exact) mass is 433 g/mol. The second kappa shape index (κ2) is 8.67. The molecule has 5 rings (SSSR count). The number of hydrogen-bond donors (Lipinski definition) is 0. The third-order valence-corrected chi connectivity index (χ3v) is 6.13. The highest BCUT2D eigenvalue weighted by Gasteiger charge is 2.35. The first-order chi connectivity index (χ1) is 15.6. The van der Waals surface area contributed by atoms with Crippen molar-refractivity contribution in [1.82, 2.24) is 4.90 Å². The van der Waals surface area contributed by atoms with Gasteiger partial charge in [0, 0.05) is 37.0 Å². The molecule has 1 atom stereocenters. The van der Waals surface area contributed by atoms with E-state index in [0.29, 0.717) is 44.3 Å². The van der Waals surface area contributed by atoms with Crippen LogP contribution in [0.2, 0.25) is 0 Å². The number of amides is 1. The van der Waals surface area contributed by atoms with Crippen LogP contribution < -0.4 is 4.90 Å².